The normalized spacial score (nSPS) is 11.5. The van der Waals surface area contributed by atoms with Crippen molar-refractivity contribution >= 4 is 22.5 Å². The van der Waals surface area contributed by atoms with Crippen molar-refractivity contribution in [2.45, 2.75) is 77.7 Å². The molecule has 0 aliphatic carbocycles. The molecule has 0 aliphatic rings. The number of benzene rings is 2. The Labute approximate surface area is 191 Å². The first-order chi connectivity index (χ1) is 15.7. The molecule has 0 saturated heterocycles. The van der Waals surface area contributed by atoms with Gasteiger partial charge in [0.05, 0.1) is 5.52 Å². The van der Waals surface area contributed by atoms with Crippen LogP contribution in [0.15, 0.2) is 64.8 Å². The van der Waals surface area contributed by atoms with Gasteiger partial charge in [-0.25, -0.2) is 0 Å². The highest BCUT2D eigenvalue weighted by atomic mass is 16.3. The maximum absolute atomic E-state index is 12.3. The van der Waals surface area contributed by atoms with Crippen LogP contribution in [-0.2, 0) is 6.54 Å². The van der Waals surface area contributed by atoms with E-state index in [9.17, 15) is 9.90 Å². The molecule has 170 valence electrons. The molecule has 5 heteroatoms. The topological polar surface area (TPSA) is 66.9 Å². The average Bonchev–Trinajstić information content (AvgIpc) is 3.10. The average molecular weight is 434 g/mol. The van der Waals surface area contributed by atoms with Crippen LogP contribution in [0, 0.1) is 0 Å². The van der Waals surface area contributed by atoms with Crippen LogP contribution in [0.2, 0.25) is 0 Å². The van der Waals surface area contributed by atoms with Crippen LogP contribution >= 0.6 is 0 Å². The van der Waals surface area contributed by atoms with E-state index in [1.165, 1.54) is 51.4 Å². The van der Waals surface area contributed by atoms with Crippen LogP contribution in [0.3, 0.4) is 0 Å². The van der Waals surface area contributed by atoms with E-state index in [1.807, 2.05) is 34.9 Å². The van der Waals surface area contributed by atoms with Crippen LogP contribution in [0.5, 0.6) is 5.88 Å². The summed E-state index contributed by atoms with van der Waals surface area (Å²) >= 11 is 0. The van der Waals surface area contributed by atoms with Crippen LogP contribution in [0.4, 0.5) is 5.69 Å². The lowest BCUT2D eigenvalue weighted by Crippen LogP contribution is -1.97. The third kappa shape index (κ3) is 6.52. The summed E-state index contributed by atoms with van der Waals surface area (Å²) < 4.78 is 1.89. The lowest BCUT2D eigenvalue weighted by Gasteiger charge is -2.07. The molecule has 0 radical (unpaired) electrons. The number of carbonyl (C=O) groups is 1. The lowest BCUT2D eigenvalue weighted by molar-refractivity contribution is 0.0995. The summed E-state index contributed by atoms with van der Waals surface area (Å²) in [6, 6.07) is 16.6. The first kappa shape index (κ1) is 23.7. The molecule has 0 fully saturated rings. The standard InChI is InChI=1S/C27H35N3O2/c1-2-3-4-5-6-7-8-9-10-16-21-30-24-20-15-14-19-23(24)25(27(30)32)28-29-26(31)22-17-12-11-13-18-22/h11-15,17-20,32H,2-10,16,21H2,1H3. The fraction of sp³-hybridized carbons (Fsp3) is 0.444. The van der Waals surface area contributed by atoms with Gasteiger partial charge in [-0.3, -0.25) is 4.79 Å². The van der Waals surface area contributed by atoms with Crippen molar-refractivity contribution in [3.63, 3.8) is 0 Å². The van der Waals surface area contributed by atoms with Gasteiger partial charge < -0.3 is 9.67 Å². The number of aryl methyl sites for hydroxylation is 1. The van der Waals surface area contributed by atoms with Crippen molar-refractivity contribution in [3.8, 4) is 5.88 Å². The summed E-state index contributed by atoms with van der Waals surface area (Å²) in [5.41, 5.74) is 1.75. The molecule has 32 heavy (non-hydrogen) atoms. The first-order valence-electron chi connectivity index (χ1n) is 12.0. The summed E-state index contributed by atoms with van der Waals surface area (Å²) in [4.78, 5) is 12.3. The molecular formula is C27H35N3O2. The Morgan fingerprint density at radius 1 is 0.812 bits per heavy atom. The monoisotopic (exact) mass is 433 g/mol. The van der Waals surface area contributed by atoms with Crippen molar-refractivity contribution in [3.05, 3.63) is 60.2 Å². The molecule has 3 rings (SSSR count). The number of aromatic nitrogens is 1. The fourth-order valence-electron chi connectivity index (χ4n) is 4.09. The second-order valence-electron chi connectivity index (χ2n) is 8.39. The largest absolute Gasteiger partial charge is 0.493 e. The number of aromatic hydroxyl groups is 1. The fourth-order valence-corrected chi connectivity index (χ4v) is 4.09. The van der Waals surface area contributed by atoms with Gasteiger partial charge in [0.15, 0.2) is 5.69 Å². The molecule has 3 aromatic rings. The highest BCUT2D eigenvalue weighted by Gasteiger charge is 2.16. The van der Waals surface area contributed by atoms with Gasteiger partial charge in [0.25, 0.3) is 5.91 Å². The Morgan fingerprint density at radius 3 is 2.09 bits per heavy atom. The Bertz CT molecular complexity index is 1010. The van der Waals surface area contributed by atoms with Gasteiger partial charge in [0.1, 0.15) is 0 Å². The maximum atomic E-state index is 12.3. The molecule has 0 saturated carbocycles. The highest BCUT2D eigenvalue weighted by Crippen LogP contribution is 2.39. The first-order valence-corrected chi connectivity index (χ1v) is 12.0. The minimum atomic E-state index is -0.420. The van der Waals surface area contributed by atoms with Gasteiger partial charge in [0, 0.05) is 17.5 Å². The third-order valence-electron chi connectivity index (χ3n) is 5.91. The molecule has 0 bridgehead atoms. The molecule has 1 aromatic heterocycles. The molecular weight excluding hydrogens is 398 g/mol. The Hall–Kier alpha value is -2.95. The number of fused-ring (bicyclic) bond motifs is 1. The highest BCUT2D eigenvalue weighted by molar-refractivity contribution is 5.97. The molecule has 0 spiro atoms. The second kappa shape index (κ2) is 12.8. The number of unbranched alkanes of at least 4 members (excludes halogenated alkanes) is 9. The van der Waals surface area contributed by atoms with Crippen molar-refractivity contribution in [1.29, 1.82) is 0 Å². The zero-order valence-corrected chi connectivity index (χ0v) is 19.2. The van der Waals surface area contributed by atoms with Gasteiger partial charge in [-0.2, -0.15) is 0 Å². The number of hydrogen-bond donors (Lipinski definition) is 1. The SMILES string of the molecule is CCCCCCCCCCCCn1c(O)c(N=NC(=O)c2ccccc2)c2ccccc21. The molecule has 1 heterocycles. The number of rotatable bonds is 13. The maximum Gasteiger partial charge on any atom is 0.295 e. The van der Waals surface area contributed by atoms with Gasteiger partial charge in [0.2, 0.25) is 5.88 Å². The summed E-state index contributed by atoms with van der Waals surface area (Å²) in [6.07, 6.45) is 12.7. The minimum absolute atomic E-state index is 0.0757. The number of azo groups is 1. The van der Waals surface area contributed by atoms with E-state index in [4.69, 9.17) is 0 Å². The molecule has 5 nitrogen and oxygen atoms in total. The Kier molecular flexibility index (Phi) is 9.48. The van der Waals surface area contributed by atoms with E-state index in [-0.39, 0.29) is 5.88 Å². The second-order valence-corrected chi connectivity index (χ2v) is 8.39. The number of para-hydroxylation sites is 1. The Balaban J connectivity index is 1.57. The zero-order valence-electron chi connectivity index (χ0n) is 19.2. The number of amides is 1. The predicted octanol–water partition coefficient (Wildman–Crippen LogP) is 8.19. The third-order valence-corrected chi connectivity index (χ3v) is 5.91. The predicted molar refractivity (Wildman–Crippen MR) is 131 cm³/mol. The molecule has 0 atom stereocenters. The number of carbonyl (C=O) groups excluding carboxylic acids is 1. The summed E-state index contributed by atoms with van der Waals surface area (Å²) in [5.74, 6) is -0.344. The van der Waals surface area contributed by atoms with Crippen molar-refractivity contribution in [1.82, 2.24) is 4.57 Å². The lowest BCUT2D eigenvalue weighted by atomic mass is 10.1. The minimum Gasteiger partial charge on any atom is -0.493 e. The van der Waals surface area contributed by atoms with E-state index >= 15 is 0 Å². The van der Waals surface area contributed by atoms with Crippen molar-refractivity contribution in [2.24, 2.45) is 10.2 Å². The van der Waals surface area contributed by atoms with E-state index in [0.717, 1.165) is 30.3 Å². The van der Waals surface area contributed by atoms with Crippen molar-refractivity contribution < 1.29 is 9.90 Å². The summed E-state index contributed by atoms with van der Waals surface area (Å²) in [6.45, 7) is 2.98. The molecule has 0 unspecified atom stereocenters. The smallest absolute Gasteiger partial charge is 0.295 e. The van der Waals surface area contributed by atoms with Gasteiger partial charge >= 0.3 is 0 Å². The van der Waals surface area contributed by atoms with Crippen LogP contribution < -0.4 is 0 Å². The number of nitrogens with zero attached hydrogens (tertiary/aromatic N) is 3. The molecule has 1 N–H and O–H groups in total. The van der Waals surface area contributed by atoms with Crippen LogP contribution in [0.25, 0.3) is 10.9 Å². The van der Waals surface area contributed by atoms with E-state index in [1.54, 1.807) is 24.3 Å². The zero-order chi connectivity index (χ0) is 22.6. The van der Waals surface area contributed by atoms with E-state index < -0.39 is 5.91 Å². The molecule has 2 aromatic carbocycles. The number of hydrogen-bond acceptors (Lipinski definition) is 3. The summed E-state index contributed by atoms with van der Waals surface area (Å²) in [5, 5.41) is 19.6. The molecule has 0 aliphatic heterocycles. The van der Waals surface area contributed by atoms with Gasteiger partial charge in [-0.15, -0.1) is 10.2 Å². The Morgan fingerprint density at radius 2 is 1.41 bits per heavy atom. The van der Waals surface area contributed by atoms with Gasteiger partial charge in [-0.1, -0.05) is 101 Å². The van der Waals surface area contributed by atoms with E-state index in [0.29, 0.717) is 11.3 Å². The van der Waals surface area contributed by atoms with E-state index in [2.05, 4.69) is 17.2 Å². The quantitative estimate of drug-likeness (QED) is 0.218. The van der Waals surface area contributed by atoms with Crippen LogP contribution in [0.1, 0.15) is 81.5 Å². The van der Waals surface area contributed by atoms with Crippen molar-refractivity contribution in [2.75, 3.05) is 0 Å². The molecule has 1 amide bonds. The van der Waals surface area contributed by atoms with Crippen LogP contribution in [-0.4, -0.2) is 15.6 Å². The van der Waals surface area contributed by atoms with Gasteiger partial charge in [-0.05, 0) is 24.6 Å². The summed E-state index contributed by atoms with van der Waals surface area (Å²) in [7, 11) is 0.